The Kier molecular flexibility index (Phi) is 9.24. The molecule has 15 aromatic rings. The van der Waals surface area contributed by atoms with Gasteiger partial charge in [-0.3, -0.25) is 9.97 Å². The maximum atomic E-state index is 10.1. The van der Waals surface area contributed by atoms with Crippen LogP contribution in [0, 0.1) is 11.3 Å². The van der Waals surface area contributed by atoms with Gasteiger partial charge in [-0.2, -0.15) is 5.26 Å². The Bertz CT molecular complexity index is 5030. The first-order chi connectivity index (χ1) is 39.1. The van der Waals surface area contributed by atoms with Gasteiger partial charge < -0.3 is 13.7 Å². The van der Waals surface area contributed by atoms with Gasteiger partial charge in [0, 0.05) is 71.6 Å². The molecule has 0 amide bonds. The Morgan fingerprint density at radius 3 is 1.23 bits per heavy atom. The smallest absolute Gasteiger partial charge is 0.0991 e. The van der Waals surface area contributed by atoms with Gasteiger partial charge in [-0.1, -0.05) is 121 Å². The third-order valence-electron chi connectivity index (χ3n) is 16.8. The maximum absolute atomic E-state index is 10.1. The van der Waals surface area contributed by atoms with Crippen LogP contribution in [0.2, 0.25) is 0 Å². The summed E-state index contributed by atoms with van der Waals surface area (Å²) in [6.45, 7) is 0. The summed E-state index contributed by atoms with van der Waals surface area (Å²) in [7, 11) is 0. The molecule has 79 heavy (non-hydrogen) atoms. The second kappa shape index (κ2) is 16.6. The number of pyridine rings is 2. The van der Waals surface area contributed by atoms with E-state index in [1.54, 1.807) is 0 Å². The van der Waals surface area contributed by atoms with Crippen molar-refractivity contribution in [3.05, 3.63) is 283 Å². The fourth-order valence-electron chi connectivity index (χ4n) is 13.5. The number of fused-ring (bicyclic) bond motifs is 18. The molecule has 1 aliphatic carbocycles. The molecule has 5 aromatic heterocycles. The van der Waals surface area contributed by atoms with Crippen molar-refractivity contribution in [1.29, 1.82) is 5.26 Å². The van der Waals surface area contributed by atoms with Crippen LogP contribution in [0.3, 0.4) is 0 Å². The van der Waals surface area contributed by atoms with Gasteiger partial charge in [0.1, 0.15) is 0 Å². The van der Waals surface area contributed by atoms with Crippen molar-refractivity contribution in [3.8, 4) is 56.8 Å². The molecule has 0 unspecified atom stereocenters. The maximum Gasteiger partial charge on any atom is 0.0991 e. The average molecular weight is 1020 g/mol. The summed E-state index contributed by atoms with van der Waals surface area (Å²) in [5.41, 5.74) is 21.2. The molecule has 0 fully saturated rings. The van der Waals surface area contributed by atoms with Crippen molar-refractivity contribution in [2.75, 3.05) is 0 Å². The van der Waals surface area contributed by atoms with Gasteiger partial charge in [0.2, 0.25) is 0 Å². The van der Waals surface area contributed by atoms with Crippen LogP contribution in [-0.2, 0) is 5.41 Å². The summed E-state index contributed by atoms with van der Waals surface area (Å²) in [4.78, 5) is 12.6. The molecule has 1 aliphatic heterocycles. The van der Waals surface area contributed by atoms with Gasteiger partial charge in [0.15, 0.2) is 0 Å². The first-order valence-corrected chi connectivity index (χ1v) is 27.5. The number of hydrogen-bond donors (Lipinski definition) is 0. The second-order valence-corrected chi connectivity index (χ2v) is 21.9. The third-order valence-corrected chi connectivity index (χ3v) is 18.0. The number of benzene rings is 10. The molecular weight excluding hydrogens is 981 g/mol. The van der Waals surface area contributed by atoms with Crippen molar-refractivity contribution in [1.82, 2.24) is 23.7 Å². The minimum absolute atomic E-state index is 0.640. The highest BCUT2D eigenvalue weighted by Gasteiger charge is 2.52. The zero-order valence-electron chi connectivity index (χ0n) is 42.3. The van der Waals surface area contributed by atoms with Gasteiger partial charge in [0.05, 0.1) is 61.5 Å². The Hall–Kier alpha value is -10.3. The molecule has 1 spiro atoms. The Morgan fingerprint density at radius 1 is 0.329 bits per heavy atom. The van der Waals surface area contributed by atoms with E-state index in [4.69, 9.17) is 9.97 Å². The minimum Gasteiger partial charge on any atom is -0.309 e. The zero-order valence-corrected chi connectivity index (χ0v) is 43.2. The van der Waals surface area contributed by atoms with E-state index in [0.717, 1.165) is 89.2 Å². The van der Waals surface area contributed by atoms with Crippen molar-refractivity contribution in [2.45, 2.75) is 15.2 Å². The molecule has 6 heterocycles. The Balaban J connectivity index is 0.819. The summed E-state index contributed by atoms with van der Waals surface area (Å²) in [6.07, 6.45) is 3.79. The monoisotopic (exact) mass is 1020 g/mol. The van der Waals surface area contributed by atoms with Crippen LogP contribution < -0.4 is 0 Å². The lowest BCUT2D eigenvalue weighted by Crippen LogP contribution is -2.32. The largest absolute Gasteiger partial charge is 0.309 e. The summed E-state index contributed by atoms with van der Waals surface area (Å²) in [5.74, 6) is 0. The fourth-order valence-corrected chi connectivity index (χ4v) is 14.6. The lowest BCUT2D eigenvalue weighted by molar-refractivity contribution is 0.720. The molecule has 0 saturated carbocycles. The molecule has 0 N–H and O–H groups in total. The molecule has 7 heteroatoms. The second-order valence-electron chi connectivity index (χ2n) is 20.8. The van der Waals surface area contributed by atoms with E-state index >= 15 is 0 Å². The molecule has 17 rings (SSSR count). The molecule has 0 saturated heterocycles. The molecule has 0 radical (unpaired) electrons. The minimum atomic E-state index is -0.713. The fraction of sp³-hybridized carbons (Fsp3) is 0.0139. The lowest BCUT2D eigenvalue weighted by Gasteiger charge is -2.39. The number of para-hydroxylation sites is 4. The number of nitrogens with zero attached hydrogens (tertiary/aromatic N) is 6. The van der Waals surface area contributed by atoms with Gasteiger partial charge in [-0.05, 0) is 178 Å². The summed E-state index contributed by atoms with van der Waals surface area (Å²) >= 11 is 1.84. The lowest BCUT2D eigenvalue weighted by atomic mass is 9.67. The van der Waals surface area contributed by atoms with Crippen molar-refractivity contribution >= 4 is 77.2 Å². The van der Waals surface area contributed by atoms with Crippen LogP contribution in [0.1, 0.15) is 27.8 Å². The van der Waals surface area contributed by atoms with Crippen LogP contribution >= 0.6 is 11.8 Å². The van der Waals surface area contributed by atoms with Crippen LogP contribution in [0.25, 0.3) is 116 Å². The van der Waals surface area contributed by atoms with E-state index in [1.165, 1.54) is 59.0 Å². The van der Waals surface area contributed by atoms with E-state index < -0.39 is 5.41 Å². The molecule has 10 aromatic carbocycles. The molecule has 366 valence electrons. The van der Waals surface area contributed by atoms with E-state index in [2.05, 4.69) is 244 Å². The third kappa shape index (κ3) is 6.17. The normalized spacial score (nSPS) is 13.1. The number of rotatable bonds is 5. The summed E-state index contributed by atoms with van der Waals surface area (Å²) < 4.78 is 7.09. The SMILES string of the molecule is N#Cc1ccc2c(c1)c1cc(-c3ccc4c(c3)C3(c5cc(-c6ccc7c(c6)c6ccccc6n7-c6ccc(-n7c8ccccc8c8ccccc87)cc6)ccc5S4)c4cccnc4-c4ncccc43)ccc1n2-c1ccccc1. The van der Waals surface area contributed by atoms with Crippen molar-refractivity contribution in [2.24, 2.45) is 0 Å². The van der Waals surface area contributed by atoms with E-state index in [-0.39, 0.29) is 0 Å². The Morgan fingerprint density at radius 2 is 0.722 bits per heavy atom. The average Bonchev–Trinajstić information content (AvgIpc) is 4.16. The van der Waals surface area contributed by atoms with Gasteiger partial charge in [-0.15, -0.1) is 0 Å². The van der Waals surface area contributed by atoms with Gasteiger partial charge in [-0.25, -0.2) is 0 Å². The molecule has 6 nitrogen and oxygen atoms in total. The highest BCUT2D eigenvalue weighted by atomic mass is 32.2. The van der Waals surface area contributed by atoms with Crippen LogP contribution in [0.15, 0.2) is 265 Å². The van der Waals surface area contributed by atoms with Crippen molar-refractivity contribution in [3.63, 3.8) is 0 Å². The highest BCUT2D eigenvalue weighted by Crippen LogP contribution is 2.62. The van der Waals surface area contributed by atoms with Crippen LogP contribution in [0.5, 0.6) is 0 Å². The first kappa shape index (κ1) is 43.9. The standard InChI is InChI=1S/C72H42N6S/c73-43-44-22-31-65-55(38-44)57-40-46(24-33-67(57)76(65)49-12-2-1-3-13-49)48-26-35-69-61(42-48)72(58-17-10-36-74-70(58)71-59(72)18-11-37-75-71)60-41-47(25-34-68(60)79-69)45-23-32-66-56(39-45)54-16-6-9-21-64(54)78(66)51-29-27-50(28-30-51)77-62-19-7-4-14-52(62)53-15-5-8-20-63(53)77/h1-42H. The summed E-state index contributed by atoms with van der Waals surface area (Å²) in [6, 6.07) is 90.6. The quantitative estimate of drug-likeness (QED) is 0.172. The van der Waals surface area contributed by atoms with Crippen LogP contribution in [0.4, 0.5) is 0 Å². The number of aromatic nitrogens is 5. The van der Waals surface area contributed by atoms with Crippen LogP contribution in [-0.4, -0.2) is 23.7 Å². The predicted octanol–water partition coefficient (Wildman–Crippen LogP) is 17.8. The van der Waals surface area contributed by atoms with E-state index in [1.807, 2.05) is 42.4 Å². The number of nitriles is 1. The molecular formula is C72H42N6S. The van der Waals surface area contributed by atoms with Gasteiger partial charge >= 0.3 is 0 Å². The molecule has 0 atom stereocenters. The van der Waals surface area contributed by atoms with Crippen molar-refractivity contribution < 1.29 is 0 Å². The van der Waals surface area contributed by atoms with Gasteiger partial charge in [0.25, 0.3) is 0 Å². The topological polar surface area (TPSA) is 64.4 Å². The zero-order chi connectivity index (χ0) is 51.9. The number of hydrogen-bond acceptors (Lipinski definition) is 4. The highest BCUT2D eigenvalue weighted by molar-refractivity contribution is 7.99. The summed E-state index contributed by atoms with van der Waals surface area (Å²) in [5, 5.41) is 17.1. The Labute approximate surface area is 458 Å². The molecule has 0 bridgehead atoms. The first-order valence-electron chi connectivity index (χ1n) is 26.7. The molecule has 2 aliphatic rings. The van der Waals surface area contributed by atoms with E-state index in [9.17, 15) is 5.26 Å². The predicted molar refractivity (Wildman–Crippen MR) is 322 cm³/mol. The van der Waals surface area contributed by atoms with E-state index in [0.29, 0.717) is 5.56 Å².